The Morgan fingerprint density at radius 1 is 1.50 bits per heavy atom. The second kappa shape index (κ2) is 5.72. The van der Waals surface area contributed by atoms with Gasteiger partial charge < -0.3 is 0 Å². The summed E-state index contributed by atoms with van der Waals surface area (Å²) in [5.74, 6) is 0. The lowest BCUT2D eigenvalue weighted by Crippen LogP contribution is -2.23. The molecule has 88 valence electrons. The first kappa shape index (κ1) is 12.8. The molecule has 0 spiro atoms. The molecule has 0 bridgehead atoms. The summed E-state index contributed by atoms with van der Waals surface area (Å²) in [5, 5.41) is 0. The molecule has 1 aromatic heterocycles. The summed E-state index contributed by atoms with van der Waals surface area (Å²) in [6.45, 7) is 0.367. The van der Waals surface area contributed by atoms with Crippen molar-refractivity contribution in [2.75, 3.05) is 12.8 Å². The molecule has 0 saturated heterocycles. The lowest BCUT2D eigenvalue weighted by atomic mass is 10.1. The normalized spacial score (nSPS) is 11.3. The number of aryl methyl sites for hydroxylation is 1. The van der Waals surface area contributed by atoms with E-state index in [1.165, 1.54) is 0 Å². The third-order valence-electron chi connectivity index (χ3n) is 2.02. The van der Waals surface area contributed by atoms with Gasteiger partial charge in [-0.2, -0.15) is 0 Å². The lowest BCUT2D eigenvalue weighted by Gasteiger charge is -2.04. The zero-order chi connectivity index (χ0) is 12.0. The molecule has 16 heavy (non-hydrogen) atoms. The minimum atomic E-state index is -3.13. The second-order valence-electron chi connectivity index (χ2n) is 3.44. The number of nitrogens with one attached hydrogen (secondary N) is 1. The van der Waals surface area contributed by atoms with Crippen LogP contribution in [0.3, 0.4) is 0 Å². The number of aldehydes is 1. The number of carbonyl (C=O) groups is 1. The van der Waals surface area contributed by atoms with Crippen LogP contribution in [0, 0.1) is 0 Å². The van der Waals surface area contributed by atoms with Crippen LogP contribution >= 0.6 is 0 Å². The number of hydrogen-bond acceptors (Lipinski definition) is 4. The van der Waals surface area contributed by atoms with Gasteiger partial charge in [-0.25, -0.2) is 13.1 Å². The predicted molar refractivity (Wildman–Crippen MR) is 60.8 cm³/mol. The molecule has 0 fully saturated rings. The van der Waals surface area contributed by atoms with E-state index in [1.807, 2.05) is 6.07 Å². The van der Waals surface area contributed by atoms with Crippen molar-refractivity contribution in [3.8, 4) is 0 Å². The van der Waals surface area contributed by atoms with Crippen LogP contribution in [-0.2, 0) is 16.4 Å². The average Bonchev–Trinajstić information content (AvgIpc) is 2.23. The van der Waals surface area contributed by atoms with Crippen LogP contribution in [-0.4, -0.2) is 32.5 Å². The van der Waals surface area contributed by atoms with Crippen LogP contribution in [0.1, 0.15) is 22.5 Å². The highest BCUT2D eigenvalue weighted by molar-refractivity contribution is 7.88. The van der Waals surface area contributed by atoms with Crippen molar-refractivity contribution in [2.24, 2.45) is 0 Å². The Labute approximate surface area is 94.9 Å². The Balaban J connectivity index is 2.46. The first-order valence-corrected chi connectivity index (χ1v) is 6.76. The number of nitrogens with zero attached hydrogens (tertiary/aromatic N) is 1. The van der Waals surface area contributed by atoms with Gasteiger partial charge in [-0.1, -0.05) is 6.07 Å². The van der Waals surface area contributed by atoms with Gasteiger partial charge in [0, 0.05) is 12.7 Å². The van der Waals surface area contributed by atoms with E-state index < -0.39 is 10.0 Å². The Morgan fingerprint density at radius 2 is 2.25 bits per heavy atom. The smallest absolute Gasteiger partial charge is 0.208 e. The Hall–Kier alpha value is -1.27. The number of rotatable bonds is 6. The van der Waals surface area contributed by atoms with E-state index >= 15 is 0 Å². The van der Waals surface area contributed by atoms with Gasteiger partial charge in [0.25, 0.3) is 0 Å². The molecule has 6 heteroatoms. The zero-order valence-electron chi connectivity index (χ0n) is 9.01. The molecule has 0 aliphatic carbocycles. The standard InChI is InChI=1S/C10H14N2O3S/c1-16(14,15)12-7-3-5-9-4-2-6-11-10(9)8-13/h2,4,6,8,12H,3,5,7H2,1H3. The minimum absolute atomic E-state index is 0.367. The molecule has 0 aliphatic rings. The monoisotopic (exact) mass is 242 g/mol. The van der Waals surface area contributed by atoms with Crippen molar-refractivity contribution in [2.45, 2.75) is 12.8 Å². The van der Waals surface area contributed by atoms with Crippen molar-refractivity contribution in [1.82, 2.24) is 9.71 Å². The Kier molecular flexibility index (Phi) is 4.57. The molecular formula is C10H14N2O3S. The van der Waals surface area contributed by atoms with Crippen molar-refractivity contribution >= 4 is 16.3 Å². The number of aromatic nitrogens is 1. The molecule has 5 nitrogen and oxygen atoms in total. The van der Waals surface area contributed by atoms with E-state index in [0.717, 1.165) is 11.8 Å². The van der Waals surface area contributed by atoms with E-state index in [-0.39, 0.29) is 0 Å². The van der Waals surface area contributed by atoms with Crippen molar-refractivity contribution < 1.29 is 13.2 Å². The van der Waals surface area contributed by atoms with E-state index in [4.69, 9.17) is 0 Å². The fourth-order valence-corrected chi connectivity index (χ4v) is 1.82. The molecule has 1 rings (SSSR count). The highest BCUT2D eigenvalue weighted by Gasteiger charge is 2.03. The van der Waals surface area contributed by atoms with Crippen LogP contribution in [0.15, 0.2) is 18.3 Å². The Morgan fingerprint density at radius 3 is 2.88 bits per heavy atom. The maximum Gasteiger partial charge on any atom is 0.208 e. The van der Waals surface area contributed by atoms with Gasteiger partial charge in [-0.15, -0.1) is 0 Å². The van der Waals surface area contributed by atoms with Crippen LogP contribution in [0.5, 0.6) is 0 Å². The summed E-state index contributed by atoms with van der Waals surface area (Å²) in [6, 6.07) is 3.57. The molecule has 1 N–H and O–H groups in total. The number of pyridine rings is 1. The first-order chi connectivity index (χ1) is 7.53. The number of carbonyl (C=O) groups excluding carboxylic acids is 1. The minimum Gasteiger partial charge on any atom is -0.296 e. The summed E-state index contributed by atoms with van der Waals surface area (Å²) in [7, 11) is -3.13. The van der Waals surface area contributed by atoms with E-state index in [9.17, 15) is 13.2 Å². The third-order valence-corrected chi connectivity index (χ3v) is 2.75. The van der Waals surface area contributed by atoms with Crippen molar-refractivity contribution in [3.63, 3.8) is 0 Å². The molecule has 0 unspecified atom stereocenters. The van der Waals surface area contributed by atoms with Crippen molar-refractivity contribution in [3.05, 3.63) is 29.6 Å². The number of hydrogen-bond donors (Lipinski definition) is 1. The summed E-state index contributed by atoms with van der Waals surface area (Å²) in [4.78, 5) is 14.6. The predicted octanol–water partition coefficient (Wildman–Crippen LogP) is 0.376. The molecule has 0 atom stereocenters. The third kappa shape index (κ3) is 4.50. The molecule has 1 aromatic rings. The van der Waals surface area contributed by atoms with Gasteiger partial charge in [-0.05, 0) is 24.5 Å². The first-order valence-electron chi connectivity index (χ1n) is 4.86. The molecule has 0 aromatic carbocycles. The SMILES string of the molecule is CS(=O)(=O)NCCCc1cccnc1C=O. The van der Waals surface area contributed by atoms with E-state index in [1.54, 1.807) is 12.3 Å². The summed E-state index contributed by atoms with van der Waals surface area (Å²) in [5.41, 5.74) is 1.26. The van der Waals surface area contributed by atoms with Gasteiger partial charge in [0.1, 0.15) is 5.69 Å². The van der Waals surface area contributed by atoms with E-state index in [0.29, 0.717) is 31.4 Å². The molecule has 1 heterocycles. The Bertz CT molecular complexity index is 457. The fraction of sp³-hybridized carbons (Fsp3) is 0.400. The zero-order valence-corrected chi connectivity index (χ0v) is 9.83. The van der Waals surface area contributed by atoms with Crippen LogP contribution in [0.25, 0.3) is 0 Å². The second-order valence-corrected chi connectivity index (χ2v) is 5.27. The van der Waals surface area contributed by atoms with Crippen LogP contribution in [0.2, 0.25) is 0 Å². The molecule has 0 radical (unpaired) electrons. The molecular weight excluding hydrogens is 228 g/mol. The summed E-state index contributed by atoms with van der Waals surface area (Å²) < 4.78 is 24.0. The van der Waals surface area contributed by atoms with Crippen molar-refractivity contribution in [1.29, 1.82) is 0 Å². The number of sulfonamides is 1. The fourth-order valence-electron chi connectivity index (χ4n) is 1.30. The largest absolute Gasteiger partial charge is 0.296 e. The molecule has 0 amide bonds. The maximum absolute atomic E-state index is 10.8. The summed E-state index contributed by atoms with van der Waals surface area (Å²) >= 11 is 0. The van der Waals surface area contributed by atoms with Gasteiger partial charge in [-0.3, -0.25) is 9.78 Å². The van der Waals surface area contributed by atoms with Crippen LogP contribution in [0.4, 0.5) is 0 Å². The average molecular weight is 242 g/mol. The topological polar surface area (TPSA) is 76.1 Å². The van der Waals surface area contributed by atoms with Gasteiger partial charge >= 0.3 is 0 Å². The van der Waals surface area contributed by atoms with Gasteiger partial charge in [0.15, 0.2) is 6.29 Å². The van der Waals surface area contributed by atoms with Gasteiger partial charge in [0.05, 0.1) is 6.26 Å². The quantitative estimate of drug-likeness (QED) is 0.578. The highest BCUT2D eigenvalue weighted by Crippen LogP contribution is 2.05. The van der Waals surface area contributed by atoms with Gasteiger partial charge in [0.2, 0.25) is 10.0 Å². The lowest BCUT2D eigenvalue weighted by molar-refractivity contribution is 0.111. The highest BCUT2D eigenvalue weighted by atomic mass is 32.2. The maximum atomic E-state index is 10.8. The van der Waals surface area contributed by atoms with Crippen LogP contribution < -0.4 is 4.72 Å². The van der Waals surface area contributed by atoms with E-state index in [2.05, 4.69) is 9.71 Å². The summed E-state index contributed by atoms with van der Waals surface area (Å²) in [6.07, 6.45) is 4.65. The molecule has 0 saturated carbocycles. The molecule has 0 aliphatic heterocycles.